The second-order valence-electron chi connectivity index (χ2n) is 4.92. The summed E-state index contributed by atoms with van der Waals surface area (Å²) in [5, 5.41) is 0. The number of alkyl halides is 1. The highest BCUT2D eigenvalue weighted by Gasteiger charge is 2.24. The number of carbonyl (C=O) groups excluding carboxylic acids is 1. The van der Waals surface area contributed by atoms with Crippen molar-refractivity contribution < 1.29 is 9.53 Å². The van der Waals surface area contributed by atoms with Crippen LogP contribution in [0.1, 0.15) is 26.7 Å². The molecular weight excluding hydrogens is 270 g/mol. The summed E-state index contributed by atoms with van der Waals surface area (Å²) in [5.74, 6) is 1.14. The van der Waals surface area contributed by atoms with E-state index < -0.39 is 0 Å². The predicted molar refractivity (Wildman–Crippen MR) is 68.7 cm³/mol. The molecule has 16 heavy (non-hydrogen) atoms. The Hall–Kier alpha value is -0.0900. The van der Waals surface area contributed by atoms with E-state index in [2.05, 4.69) is 29.8 Å². The topological polar surface area (TPSA) is 29.5 Å². The van der Waals surface area contributed by atoms with Crippen LogP contribution in [0.5, 0.6) is 0 Å². The summed E-state index contributed by atoms with van der Waals surface area (Å²) in [4.78, 5) is 13.8. The van der Waals surface area contributed by atoms with Crippen LogP contribution >= 0.6 is 15.9 Å². The summed E-state index contributed by atoms with van der Waals surface area (Å²) in [7, 11) is 1.90. The first-order valence-corrected chi connectivity index (χ1v) is 6.90. The highest BCUT2D eigenvalue weighted by Crippen LogP contribution is 2.19. The van der Waals surface area contributed by atoms with Gasteiger partial charge in [-0.05, 0) is 24.7 Å². The van der Waals surface area contributed by atoms with E-state index in [1.165, 1.54) is 0 Å². The van der Waals surface area contributed by atoms with E-state index in [0.717, 1.165) is 32.6 Å². The molecule has 0 spiro atoms. The van der Waals surface area contributed by atoms with Crippen LogP contribution in [0.3, 0.4) is 0 Å². The summed E-state index contributed by atoms with van der Waals surface area (Å²) < 4.78 is 5.31. The van der Waals surface area contributed by atoms with Crippen molar-refractivity contribution in [1.29, 1.82) is 0 Å². The highest BCUT2D eigenvalue weighted by atomic mass is 79.9. The molecule has 0 N–H and O–H groups in total. The molecule has 0 aromatic heterocycles. The molecule has 1 atom stereocenters. The zero-order chi connectivity index (χ0) is 12.1. The average Bonchev–Trinajstić information content (AvgIpc) is 2.28. The van der Waals surface area contributed by atoms with E-state index in [0.29, 0.717) is 11.8 Å². The minimum atomic E-state index is -0.0580. The molecule has 0 bridgehead atoms. The molecule has 0 aromatic rings. The van der Waals surface area contributed by atoms with E-state index in [9.17, 15) is 4.79 Å². The van der Waals surface area contributed by atoms with Gasteiger partial charge in [0.25, 0.3) is 0 Å². The van der Waals surface area contributed by atoms with Crippen molar-refractivity contribution >= 4 is 21.8 Å². The molecule has 1 fully saturated rings. The molecular formula is C12H22BrNO2. The minimum Gasteiger partial charge on any atom is -0.381 e. The predicted octanol–water partition coefficient (Wildman–Crippen LogP) is 2.29. The van der Waals surface area contributed by atoms with Crippen LogP contribution in [0.2, 0.25) is 0 Å². The van der Waals surface area contributed by atoms with Gasteiger partial charge in [-0.25, -0.2) is 0 Å². The molecule has 1 unspecified atom stereocenters. The Morgan fingerprint density at radius 2 is 2.00 bits per heavy atom. The van der Waals surface area contributed by atoms with Gasteiger partial charge in [0, 0.05) is 26.8 Å². The van der Waals surface area contributed by atoms with E-state index in [1.54, 1.807) is 0 Å². The Balaban J connectivity index is 2.38. The van der Waals surface area contributed by atoms with E-state index in [4.69, 9.17) is 4.74 Å². The smallest absolute Gasteiger partial charge is 0.236 e. The van der Waals surface area contributed by atoms with Crippen LogP contribution in [0.25, 0.3) is 0 Å². The monoisotopic (exact) mass is 291 g/mol. The van der Waals surface area contributed by atoms with Gasteiger partial charge in [0.2, 0.25) is 5.91 Å². The summed E-state index contributed by atoms with van der Waals surface area (Å²) in [5.41, 5.74) is 0. The van der Waals surface area contributed by atoms with Crippen molar-refractivity contribution in [2.24, 2.45) is 11.8 Å². The fraction of sp³-hybridized carbons (Fsp3) is 0.917. The van der Waals surface area contributed by atoms with Crippen LogP contribution < -0.4 is 0 Å². The quantitative estimate of drug-likeness (QED) is 0.744. The van der Waals surface area contributed by atoms with E-state index >= 15 is 0 Å². The first-order chi connectivity index (χ1) is 7.52. The molecule has 1 aliphatic rings. The Labute approximate surface area is 107 Å². The lowest BCUT2D eigenvalue weighted by Crippen LogP contribution is -2.39. The number of ether oxygens (including phenoxy) is 1. The Bertz CT molecular complexity index is 227. The van der Waals surface area contributed by atoms with Crippen molar-refractivity contribution in [3.8, 4) is 0 Å². The van der Waals surface area contributed by atoms with Gasteiger partial charge in [0.15, 0.2) is 0 Å². The largest absolute Gasteiger partial charge is 0.381 e. The molecule has 0 radical (unpaired) electrons. The lowest BCUT2D eigenvalue weighted by atomic mass is 9.99. The van der Waals surface area contributed by atoms with Crippen LogP contribution in [0.4, 0.5) is 0 Å². The molecule has 1 amide bonds. The second-order valence-corrected chi connectivity index (χ2v) is 5.91. The zero-order valence-corrected chi connectivity index (χ0v) is 12.0. The standard InChI is InChI=1S/C12H22BrNO2/c1-9(2)11(13)12(15)14(3)8-10-4-6-16-7-5-10/h9-11H,4-8H2,1-3H3. The number of hydrogen-bond acceptors (Lipinski definition) is 2. The van der Waals surface area contributed by atoms with Gasteiger partial charge in [-0.2, -0.15) is 0 Å². The van der Waals surface area contributed by atoms with Crippen LogP contribution in [-0.2, 0) is 9.53 Å². The third-order valence-corrected chi connectivity index (χ3v) is 4.52. The van der Waals surface area contributed by atoms with Crippen molar-refractivity contribution in [2.75, 3.05) is 26.8 Å². The number of carbonyl (C=O) groups is 1. The second kappa shape index (κ2) is 6.60. The zero-order valence-electron chi connectivity index (χ0n) is 10.4. The molecule has 1 aliphatic heterocycles. The SMILES string of the molecule is CC(C)C(Br)C(=O)N(C)CC1CCOCC1. The van der Waals surface area contributed by atoms with Gasteiger partial charge in [0.05, 0.1) is 4.83 Å². The first kappa shape index (κ1) is 14.0. The number of halogens is 1. The van der Waals surface area contributed by atoms with E-state index in [1.807, 2.05) is 11.9 Å². The maximum atomic E-state index is 12.0. The summed E-state index contributed by atoms with van der Waals surface area (Å²) in [6.07, 6.45) is 2.15. The van der Waals surface area contributed by atoms with Gasteiger partial charge in [-0.3, -0.25) is 4.79 Å². The molecule has 94 valence electrons. The fourth-order valence-electron chi connectivity index (χ4n) is 1.90. The summed E-state index contributed by atoms with van der Waals surface area (Å²) in [6, 6.07) is 0. The van der Waals surface area contributed by atoms with Crippen molar-refractivity contribution in [1.82, 2.24) is 4.90 Å². The summed E-state index contributed by atoms with van der Waals surface area (Å²) in [6.45, 7) is 6.65. The molecule has 0 saturated carbocycles. The normalized spacial score (nSPS) is 19.8. The molecule has 1 rings (SSSR count). The lowest BCUT2D eigenvalue weighted by molar-refractivity contribution is -0.130. The van der Waals surface area contributed by atoms with Gasteiger partial charge < -0.3 is 9.64 Å². The van der Waals surface area contributed by atoms with Crippen molar-refractivity contribution in [2.45, 2.75) is 31.5 Å². The summed E-state index contributed by atoms with van der Waals surface area (Å²) >= 11 is 3.46. The molecule has 3 nitrogen and oxygen atoms in total. The van der Waals surface area contributed by atoms with Gasteiger partial charge in [-0.15, -0.1) is 0 Å². The van der Waals surface area contributed by atoms with Crippen molar-refractivity contribution in [3.63, 3.8) is 0 Å². The fourth-order valence-corrected chi connectivity index (χ4v) is 2.25. The Morgan fingerprint density at radius 3 is 2.50 bits per heavy atom. The number of rotatable bonds is 4. The average molecular weight is 292 g/mol. The van der Waals surface area contributed by atoms with Crippen LogP contribution in [0.15, 0.2) is 0 Å². The van der Waals surface area contributed by atoms with Crippen molar-refractivity contribution in [3.05, 3.63) is 0 Å². The number of hydrogen-bond donors (Lipinski definition) is 0. The van der Waals surface area contributed by atoms with E-state index in [-0.39, 0.29) is 10.7 Å². The van der Waals surface area contributed by atoms with Gasteiger partial charge in [0.1, 0.15) is 0 Å². The van der Waals surface area contributed by atoms with Crippen LogP contribution in [0, 0.1) is 11.8 Å². The van der Waals surface area contributed by atoms with Crippen LogP contribution in [-0.4, -0.2) is 42.4 Å². The first-order valence-electron chi connectivity index (χ1n) is 5.99. The molecule has 4 heteroatoms. The molecule has 0 aromatic carbocycles. The third-order valence-electron chi connectivity index (χ3n) is 3.07. The van der Waals surface area contributed by atoms with Gasteiger partial charge >= 0.3 is 0 Å². The van der Waals surface area contributed by atoms with Gasteiger partial charge in [-0.1, -0.05) is 29.8 Å². The maximum Gasteiger partial charge on any atom is 0.236 e. The lowest BCUT2D eigenvalue weighted by Gasteiger charge is -2.29. The molecule has 0 aliphatic carbocycles. The number of amides is 1. The molecule has 1 saturated heterocycles. The maximum absolute atomic E-state index is 12.0. The third kappa shape index (κ3) is 4.06. The Kier molecular flexibility index (Phi) is 5.76. The number of nitrogens with zero attached hydrogens (tertiary/aromatic N) is 1. The minimum absolute atomic E-state index is 0.0580. The molecule has 1 heterocycles. The highest BCUT2D eigenvalue weighted by molar-refractivity contribution is 9.10. The Morgan fingerprint density at radius 1 is 1.44 bits per heavy atom.